The number of carbonyl (C=O) groups excluding carboxylic acids is 2. The zero-order valence-corrected chi connectivity index (χ0v) is 28.4. The summed E-state index contributed by atoms with van der Waals surface area (Å²) in [4.78, 5) is 34.6. The number of nitrogens with zero attached hydrogens (tertiary/aromatic N) is 3. The van der Waals surface area contributed by atoms with Crippen LogP contribution >= 0.6 is 23.2 Å². The Kier molecular flexibility index (Phi) is 9.43. The Morgan fingerprint density at radius 1 is 1.00 bits per heavy atom. The molecule has 49 heavy (non-hydrogen) atoms. The van der Waals surface area contributed by atoms with E-state index in [1.165, 1.54) is 0 Å². The number of carbonyl (C=O) groups is 2. The minimum Gasteiger partial charge on any atom is -0.481 e. The van der Waals surface area contributed by atoms with E-state index in [2.05, 4.69) is 31.2 Å². The van der Waals surface area contributed by atoms with Crippen LogP contribution in [-0.2, 0) is 22.7 Å². The third-order valence-corrected chi connectivity index (χ3v) is 10.2. The van der Waals surface area contributed by atoms with Gasteiger partial charge < -0.3 is 26.0 Å². The summed E-state index contributed by atoms with van der Waals surface area (Å²) in [5, 5.41) is 13.1. The zero-order chi connectivity index (χ0) is 34.1. The highest BCUT2D eigenvalue weighted by molar-refractivity contribution is 6.39. The van der Waals surface area contributed by atoms with Crippen LogP contribution in [0.5, 0.6) is 5.88 Å². The molecule has 2 aromatic carbocycles. The van der Waals surface area contributed by atoms with Crippen molar-refractivity contribution in [2.24, 2.45) is 5.41 Å². The lowest BCUT2D eigenvalue weighted by molar-refractivity contribution is -0.121. The molecule has 0 radical (unpaired) electrons. The molecule has 2 amide bonds. The van der Waals surface area contributed by atoms with Gasteiger partial charge in [-0.15, -0.1) is 0 Å². The molecule has 3 aliphatic rings. The van der Waals surface area contributed by atoms with E-state index in [0.717, 1.165) is 25.1 Å². The van der Waals surface area contributed by atoms with E-state index in [1.807, 2.05) is 30.3 Å². The lowest BCUT2D eigenvalue weighted by Gasteiger charge is -2.47. The van der Waals surface area contributed by atoms with E-state index in [0.29, 0.717) is 94.4 Å². The predicted molar refractivity (Wildman–Crippen MR) is 187 cm³/mol. The van der Waals surface area contributed by atoms with Crippen molar-refractivity contribution in [2.75, 3.05) is 38.6 Å². The Labute approximate surface area is 293 Å². The summed E-state index contributed by atoms with van der Waals surface area (Å²) in [7, 11) is 1.57. The number of hydrogen-bond acceptors (Lipinski definition) is 8. The quantitative estimate of drug-likeness (QED) is 0.157. The average Bonchev–Trinajstić information content (AvgIpc) is 3.69. The number of methoxy groups -OCH3 is 1. The van der Waals surface area contributed by atoms with Crippen molar-refractivity contribution in [3.8, 4) is 28.4 Å². The van der Waals surface area contributed by atoms with Crippen LogP contribution in [0.1, 0.15) is 30.4 Å². The highest BCUT2D eigenvalue weighted by Gasteiger charge is 2.47. The fourth-order valence-corrected chi connectivity index (χ4v) is 7.53. The molecule has 1 spiro atoms. The lowest BCUT2D eigenvalue weighted by atomic mass is 9.79. The van der Waals surface area contributed by atoms with E-state index in [-0.39, 0.29) is 29.1 Å². The number of amides is 2. The topological polar surface area (TPSA) is 121 Å². The monoisotopic (exact) mass is 703 g/mol. The van der Waals surface area contributed by atoms with Crippen LogP contribution in [0.3, 0.4) is 0 Å². The molecule has 3 fully saturated rings. The van der Waals surface area contributed by atoms with Crippen molar-refractivity contribution >= 4 is 46.4 Å². The lowest BCUT2D eigenvalue weighted by Crippen LogP contribution is -2.56. The second-order valence-electron chi connectivity index (χ2n) is 13.0. The van der Waals surface area contributed by atoms with Gasteiger partial charge in [0, 0.05) is 92.0 Å². The molecule has 1 unspecified atom stereocenters. The summed E-state index contributed by atoms with van der Waals surface area (Å²) in [6, 6.07) is 16.4. The number of likely N-dealkylation sites (tertiary alicyclic amines) is 1. The molecular weight excluding hydrogens is 668 g/mol. The van der Waals surface area contributed by atoms with Gasteiger partial charge in [-0.05, 0) is 30.7 Å². The number of pyridine rings is 2. The number of halogens is 3. The molecule has 254 valence electrons. The standard InChI is InChI=1S/C36H36Cl2FN7O3/c1-49-35-21(15-40-16-23-9-11-29(47)43-23)8-10-26(45-35)24-12-13-41-34(32(24)38)25-5-3-6-27(31(25)37)44-28-7-2-4-22(33(28)39)17-46-19-36(20-46)14-30(48)42-18-36/h2-8,10,12-13,23,40,44H,9,11,14-20H2,1H3,(H,42,48)(H,43,47). The molecule has 0 saturated carbocycles. The second-order valence-corrected chi connectivity index (χ2v) is 13.7. The van der Waals surface area contributed by atoms with E-state index in [4.69, 9.17) is 32.9 Å². The Balaban J connectivity index is 1.07. The molecule has 1 atom stereocenters. The molecular formula is C36H36Cl2FN7O3. The van der Waals surface area contributed by atoms with Gasteiger partial charge in [0.15, 0.2) is 5.82 Å². The molecule has 2 aromatic heterocycles. The highest BCUT2D eigenvalue weighted by atomic mass is 35.5. The third kappa shape index (κ3) is 6.94. The Morgan fingerprint density at radius 2 is 1.82 bits per heavy atom. The van der Waals surface area contributed by atoms with Crippen LogP contribution in [0.15, 0.2) is 60.8 Å². The maximum atomic E-state index is 15.7. The maximum absolute atomic E-state index is 15.7. The average molecular weight is 705 g/mol. The van der Waals surface area contributed by atoms with E-state index < -0.39 is 0 Å². The number of anilines is 2. The van der Waals surface area contributed by atoms with Crippen LogP contribution in [0.25, 0.3) is 22.5 Å². The van der Waals surface area contributed by atoms with Gasteiger partial charge in [0.25, 0.3) is 0 Å². The Bertz CT molecular complexity index is 1920. The molecule has 4 N–H and O–H groups in total. The number of aromatic nitrogens is 2. The molecule has 3 saturated heterocycles. The van der Waals surface area contributed by atoms with Crippen molar-refractivity contribution in [1.82, 2.24) is 30.8 Å². The molecule has 3 aliphatic heterocycles. The SMILES string of the molecule is COc1nc(-c2ccnc(-c3cccc(Nc4cccc(CN5CC6(CNC(=O)C6)C5)c4F)c3Cl)c2Cl)ccc1CNCC1CCC(=O)N1. The molecule has 13 heteroatoms. The van der Waals surface area contributed by atoms with Crippen molar-refractivity contribution in [3.05, 3.63) is 87.8 Å². The van der Waals surface area contributed by atoms with Gasteiger partial charge in [0.2, 0.25) is 17.7 Å². The number of hydrogen-bond donors (Lipinski definition) is 4. The Hall–Kier alpha value is -4.29. The van der Waals surface area contributed by atoms with Crippen LogP contribution < -0.4 is 26.0 Å². The van der Waals surface area contributed by atoms with E-state index >= 15 is 4.39 Å². The fraction of sp³-hybridized carbons (Fsp3) is 0.333. The first-order valence-electron chi connectivity index (χ1n) is 16.2. The van der Waals surface area contributed by atoms with Gasteiger partial charge in [-0.1, -0.05) is 53.5 Å². The smallest absolute Gasteiger partial charge is 0.220 e. The van der Waals surface area contributed by atoms with Crippen molar-refractivity contribution in [2.45, 2.75) is 38.4 Å². The number of rotatable bonds is 11. The predicted octanol–water partition coefficient (Wildman–Crippen LogP) is 5.70. The van der Waals surface area contributed by atoms with Gasteiger partial charge in [0.05, 0.1) is 39.9 Å². The minimum atomic E-state index is -0.354. The van der Waals surface area contributed by atoms with Crippen molar-refractivity contribution in [3.63, 3.8) is 0 Å². The van der Waals surface area contributed by atoms with Gasteiger partial charge >= 0.3 is 0 Å². The number of ether oxygens (including phenoxy) is 1. The summed E-state index contributed by atoms with van der Waals surface area (Å²) in [5.74, 6) is 0.278. The summed E-state index contributed by atoms with van der Waals surface area (Å²) < 4.78 is 21.4. The van der Waals surface area contributed by atoms with E-state index in [1.54, 1.807) is 37.6 Å². The second kappa shape index (κ2) is 13.9. The molecule has 5 heterocycles. The van der Waals surface area contributed by atoms with Crippen molar-refractivity contribution < 1.29 is 18.7 Å². The summed E-state index contributed by atoms with van der Waals surface area (Å²) in [6.07, 6.45) is 3.55. The normalized spacial score (nSPS) is 18.3. The maximum Gasteiger partial charge on any atom is 0.220 e. The van der Waals surface area contributed by atoms with Crippen LogP contribution in [0.2, 0.25) is 10.0 Å². The fourth-order valence-electron chi connectivity index (χ4n) is 6.96. The largest absolute Gasteiger partial charge is 0.481 e. The summed E-state index contributed by atoms with van der Waals surface area (Å²) in [6.45, 7) is 3.83. The molecule has 0 aliphatic carbocycles. The molecule has 10 nitrogen and oxygen atoms in total. The first-order chi connectivity index (χ1) is 23.7. The van der Waals surface area contributed by atoms with Gasteiger partial charge in [-0.3, -0.25) is 19.5 Å². The van der Waals surface area contributed by atoms with Crippen LogP contribution in [0, 0.1) is 11.2 Å². The summed E-state index contributed by atoms with van der Waals surface area (Å²) in [5.41, 5.74) is 4.50. The molecule has 4 aromatic rings. The van der Waals surface area contributed by atoms with Gasteiger partial charge in [0.1, 0.15) is 0 Å². The number of nitrogens with one attached hydrogen (secondary N) is 4. The molecule has 7 rings (SSSR count). The minimum absolute atomic E-state index is 0.0240. The first-order valence-corrected chi connectivity index (χ1v) is 17.0. The van der Waals surface area contributed by atoms with E-state index in [9.17, 15) is 9.59 Å². The van der Waals surface area contributed by atoms with Gasteiger partial charge in [-0.2, -0.15) is 0 Å². The van der Waals surface area contributed by atoms with Crippen LogP contribution in [-0.4, -0.2) is 66.0 Å². The zero-order valence-electron chi connectivity index (χ0n) is 26.9. The van der Waals surface area contributed by atoms with Crippen molar-refractivity contribution in [1.29, 1.82) is 0 Å². The third-order valence-electron chi connectivity index (χ3n) is 9.40. The highest BCUT2D eigenvalue weighted by Crippen LogP contribution is 2.42. The van der Waals surface area contributed by atoms with Crippen LogP contribution in [0.4, 0.5) is 15.8 Å². The Morgan fingerprint density at radius 3 is 2.57 bits per heavy atom. The number of benzene rings is 2. The molecule has 0 bridgehead atoms. The first kappa shape index (κ1) is 33.2. The summed E-state index contributed by atoms with van der Waals surface area (Å²) >= 11 is 13.9. The van der Waals surface area contributed by atoms with Gasteiger partial charge in [-0.25, -0.2) is 9.37 Å².